The number of hydrogen-bond acceptors (Lipinski definition) is 5. The van der Waals surface area contributed by atoms with Crippen molar-refractivity contribution >= 4 is 11.7 Å². The van der Waals surface area contributed by atoms with E-state index in [0.717, 1.165) is 17.3 Å². The van der Waals surface area contributed by atoms with Gasteiger partial charge in [-0.1, -0.05) is 6.07 Å². The molecule has 1 aromatic carbocycles. The van der Waals surface area contributed by atoms with Crippen LogP contribution in [0.3, 0.4) is 0 Å². The second kappa shape index (κ2) is 10.7. The second-order valence-electron chi connectivity index (χ2n) is 8.31. The van der Waals surface area contributed by atoms with E-state index in [2.05, 4.69) is 25.5 Å². The Labute approximate surface area is 197 Å². The summed E-state index contributed by atoms with van der Waals surface area (Å²) in [5, 5.41) is 5.86. The third-order valence-corrected chi connectivity index (χ3v) is 5.99. The number of likely N-dealkylation sites (tertiary alicyclic amines) is 1. The zero-order valence-electron chi connectivity index (χ0n) is 19.1. The molecule has 2 aromatic heterocycles. The van der Waals surface area contributed by atoms with Gasteiger partial charge in [0.25, 0.3) is 0 Å². The smallest absolute Gasteiger partial charge is 0.319 e. The van der Waals surface area contributed by atoms with E-state index in [-0.39, 0.29) is 18.0 Å². The van der Waals surface area contributed by atoms with Crippen LogP contribution >= 0.6 is 0 Å². The number of methoxy groups -OCH3 is 1. The van der Waals surface area contributed by atoms with Crippen LogP contribution in [0.25, 0.3) is 11.3 Å². The van der Waals surface area contributed by atoms with E-state index in [4.69, 9.17) is 4.74 Å². The molecule has 1 fully saturated rings. The number of nitrogens with one attached hydrogen (secondary N) is 2. The van der Waals surface area contributed by atoms with E-state index in [1.807, 2.05) is 25.1 Å². The summed E-state index contributed by atoms with van der Waals surface area (Å²) in [5.41, 5.74) is 3.55. The predicted octanol–water partition coefficient (Wildman–Crippen LogP) is 3.97. The number of carbonyl (C=O) groups excluding carboxylic acids is 1. The van der Waals surface area contributed by atoms with Crippen LogP contribution in [0.4, 0.5) is 19.3 Å². The zero-order valence-corrected chi connectivity index (χ0v) is 19.1. The largest absolute Gasteiger partial charge is 0.383 e. The van der Waals surface area contributed by atoms with E-state index < -0.39 is 11.6 Å². The summed E-state index contributed by atoms with van der Waals surface area (Å²) in [5.74, 6) is -1.98. The maximum absolute atomic E-state index is 13.9. The maximum atomic E-state index is 13.9. The Morgan fingerprint density at radius 1 is 1.18 bits per heavy atom. The van der Waals surface area contributed by atoms with Crippen LogP contribution in [-0.4, -0.2) is 60.3 Å². The number of ether oxygens (including phenoxy) is 1. The highest BCUT2D eigenvalue weighted by molar-refractivity contribution is 5.90. The second-order valence-corrected chi connectivity index (χ2v) is 8.31. The number of carbonyl (C=O) groups is 1. The van der Waals surface area contributed by atoms with Crippen LogP contribution in [0.5, 0.6) is 0 Å². The first-order valence-corrected chi connectivity index (χ1v) is 11.1. The van der Waals surface area contributed by atoms with Crippen molar-refractivity contribution in [1.29, 1.82) is 0 Å². The molecule has 34 heavy (non-hydrogen) atoms. The van der Waals surface area contributed by atoms with Gasteiger partial charge in [0.1, 0.15) is 0 Å². The van der Waals surface area contributed by atoms with E-state index >= 15 is 0 Å². The highest BCUT2D eigenvalue weighted by Crippen LogP contribution is 2.29. The Morgan fingerprint density at radius 2 is 2.03 bits per heavy atom. The molecule has 0 unspecified atom stereocenters. The number of amides is 2. The number of anilines is 1. The van der Waals surface area contributed by atoms with Gasteiger partial charge in [-0.25, -0.2) is 13.6 Å². The van der Waals surface area contributed by atoms with Gasteiger partial charge in [0, 0.05) is 50.6 Å². The number of nitrogens with zero attached hydrogens (tertiary/aromatic N) is 3. The lowest BCUT2D eigenvalue weighted by Gasteiger charge is -2.21. The van der Waals surface area contributed by atoms with Crippen LogP contribution < -0.4 is 10.6 Å². The van der Waals surface area contributed by atoms with E-state index in [9.17, 15) is 13.6 Å². The van der Waals surface area contributed by atoms with Gasteiger partial charge in [0.05, 0.1) is 29.7 Å². The number of benzene rings is 1. The Kier molecular flexibility index (Phi) is 7.44. The molecule has 0 saturated carbocycles. The minimum atomic E-state index is -0.897. The monoisotopic (exact) mass is 467 g/mol. The van der Waals surface area contributed by atoms with Crippen molar-refractivity contribution in [2.45, 2.75) is 18.9 Å². The number of pyridine rings is 2. The average molecular weight is 468 g/mol. The van der Waals surface area contributed by atoms with Crippen molar-refractivity contribution < 1.29 is 18.3 Å². The van der Waals surface area contributed by atoms with Crippen molar-refractivity contribution in [2.75, 3.05) is 38.7 Å². The summed E-state index contributed by atoms with van der Waals surface area (Å²) in [7, 11) is 1.63. The molecule has 2 amide bonds. The number of aromatic nitrogens is 2. The van der Waals surface area contributed by atoms with Gasteiger partial charge in [0.15, 0.2) is 11.6 Å². The van der Waals surface area contributed by atoms with Crippen LogP contribution in [0.1, 0.15) is 17.2 Å². The molecule has 9 heteroatoms. The first kappa shape index (κ1) is 23.7. The third-order valence-electron chi connectivity index (χ3n) is 5.99. The number of urea groups is 1. The quantitative estimate of drug-likeness (QED) is 0.550. The highest BCUT2D eigenvalue weighted by atomic mass is 19.2. The molecule has 3 aromatic rings. The van der Waals surface area contributed by atoms with Crippen molar-refractivity contribution in [3.05, 3.63) is 77.8 Å². The van der Waals surface area contributed by atoms with Gasteiger partial charge in [-0.3, -0.25) is 14.9 Å². The van der Waals surface area contributed by atoms with Gasteiger partial charge in [-0.2, -0.15) is 0 Å². The summed E-state index contributed by atoms with van der Waals surface area (Å²) in [6.45, 7) is 4.20. The SMILES string of the molecule is COCCN1C[C@@H](NC(=O)Nc2ccc(-c3cccnc3)nc2C)[C@H](c2ccc(F)c(F)c2)C1. The molecule has 7 nitrogen and oxygen atoms in total. The average Bonchev–Trinajstić information content (AvgIpc) is 3.23. The molecule has 0 radical (unpaired) electrons. The molecule has 2 N–H and O–H groups in total. The Morgan fingerprint density at radius 3 is 2.74 bits per heavy atom. The molecule has 0 spiro atoms. The van der Waals surface area contributed by atoms with Crippen molar-refractivity contribution in [1.82, 2.24) is 20.2 Å². The molecule has 4 rings (SSSR count). The van der Waals surface area contributed by atoms with Crippen LogP contribution in [0, 0.1) is 18.6 Å². The molecule has 2 atom stereocenters. The van der Waals surface area contributed by atoms with Crippen LogP contribution in [0.15, 0.2) is 54.9 Å². The molecule has 3 heterocycles. The van der Waals surface area contributed by atoms with Crippen molar-refractivity contribution in [3.8, 4) is 11.3 Å². The molecular formula is C25H27F2N5O2. The lowest BCUT2D eigenvalue weighted by Crippen LogP contribution is -2.42. The van der Waals surface area contributed by atoms with Gasteiger partial charge in [-0.15, -0.1) is 0 Å². The number of rotatable bonds is 7. The number of aryl methyl sites for hydroxylation is 1. The maximum Gasteiger partial charge on any atom is 0.319 e. The van der Waals surface area contributed by atoms with E-state index in [1.165, 1.54) is 6.07 Å². The summed E-state index contributed by atoms with van der Waals surface area (Å²) < 4.78 is 32.5. The van der Waals surface area contributed by atoms with Crippen LogP contribution in [0.2, 0.25) is 0 Å². The Bertz CT molecular complexity index is 1150. The first-order chi connectivity index (χ1) is 16.4. The van der Waals surface area contributed by atoms with Gasteiger partial charge in [0.2, 0.25) is 0 Å². The Balaban J connectivity index is 1.47. The fourth-order valence-corrected chi connectivity index (χ4v) is 4.21. The van der Waals surface area contributed by atoms with Gasteiger partial charge < -0.3 is 15.4 Å². The normalized spacial score (nSPS) is 18.1. The van der Waals surface area contributed by atoms with Gasteiger partial charge >= 0.3 is 6.03 Å². The van der Waals surface area contributed by atoms with Crippen molar-refractivity contribution in [2.24, 2.45) is 0 Å². The predicted molar refractivity (Wildman–Crippen MR) is 126 cm³/mol. The van der Waals surface area contributed by atoms with E-state index in [0.29, 0.717) is 43.2 Å². The minimum Gasteiger partial charge on any atom is -0.383 e. The summed E-state index contributed by atoms with van der Waals surface area (Å²) in [6, 6.07) is 10.6. The molecule has 1 saturated heterocycles. The molecule has 1 aliphatic rings. The fraction of sp³-hybridized carbons (Fsp3) is 0.320. The number of halogens is 2. The topological polar surface area (TPSA) is 79.4 Å². The van der Waals surface area contributed by atoms with Crippen LogP contribution in [-0.2, 0) is 4.74 Å². The summed E-state index contributed by atoms with van der Waals surface area (Å²) in [4.78, 5) is 23.7. The number of hydrogen-bond donors (Lipinski definition) is 2. The fourth-order valence-electron chi connectivity index (χ4n) is 4.21. The molecule has 0 bridgehead atoms. The summed E-state index contributed by atoms with van der Waals surface area (Å²) in [6.07, 6.45) is 3.43. The van der Waals surface area contributed by atoms with E-state index in [1.54, 1.807) is 31.6 Å². The van der Waals surface area contributed by atoms with Crippen molar-refractivity contribution in [3.63, 3.8) is 0 Å². The molecule has 1 aliphatic heterocycles. The molecule has 178 valence electrons. The summed E-state index contributed by atoms with van der Waals surface area (Å²) >= 11 is 0. The molecule has 0 aliphatic carbocycles. The first-order valence-electron chi connectivity index (χ1n) is 11.1. The third kappa shape index (κ3) is 5.55. The van der Waals surface area contributed by atoms with Gasteiger partial charge in [-0.05, 0) is 48.9 Å². The minimum absolute atomic E-state index is 0.190. The lowest BCUT2D eigenvalue weighted by molar-refractivity contribution is 0.159. The molecular weight excluding hydrogens is 440 g/mol. The highest BCUT2D eigenvalue weighted by Gasteiger charge is 2.35. The zero-order chi connectivity index (χ0) is 24.1. The Hall–Kier alpha value is -3.43. The standard InChI is InChI=1S/C25H27F2N5O2/c1-16-22(7-8-23(29-16)18-4-3-9-28-13-18)30-25(33)31-24-15-32(10-11-34-2)14-19(24)17-5-6-20(26)21(27)12-17/h3-9,12-13,19,24H,10-11,14-15H2,1-2H3,(H2,30,31,33)/t19-,24+/m0/s1. The lowest BCUT2D eigenvalue weighted by atomic mass is 9.94.